The maximum atomic E-state index is 12.6. The number of pyridine rings is 1. The van der Waals surface area contributed by atoms with Gasteiger partial charge in [0.15, 0.2) is 0 Å². The molecule has 1 aliphatic rings. The minimum atomic E-state index is -3.53. The summed E-state index contributed by atoms with van der Waals surface area (Å²) in [5, 5.41) is 0. The number of rotatable bonds is 6. The molecule has 0 aliphatic carbocycles. The molecule has 0 atom stereocenters. The van der Waals surface area contributed by atoms with Gasteiger partial charge in [0.1, 0.15) is 12.4 Å². The summed E-state index contributed by atoms with van der Waals surface area (Å²) in [6.45, 7) is 3.61. The van der Waals surface area contributed by atoms with Crippen LogP contribution in [-0.2, 0) is 16.6 Å². The number of aryl methyl sites for hydroxylation is 1. The predicted octanol–water partition coefficient (Wildman–Crippen LogP) is 2.02. The lowest BCUT2D eigenvalue weighted by Crippen LogP contribution is -2.30. The van der Waals surface area contributed by atoms with Gasteiger partial charge < -0.3 is 9.30 Å². The molecule has 0 saturated carbocycles. The zero-order valence-electron chi connectivity index (χ0n) is 14.2. The summed E-state index contributed by atoms with van der Waals surface area (Å²) < 4.78 is 33.8. The van der Waals surface area contributed by atoms with Crippen LogP contribution in [0.25, 0.3) is 0 Å². The van der Waals surface area contributed by atoms with Crippen LogP contribution in [0.15, 0.2) is 52.3 Å². The van der Waals surface area contributed by atoms with Gasteiger partial charge in [-0.1, -0.05) is 18.2 Å². The first-order valence-corrected chi connectivity index (χ1v) is 9.81. The smallest absolute Gasteiger partial charge is 0.250 e. The van der Waals surface area contributed by atoms with Crippen molar-refractivity contribution in [3.8, 4) is 5.75 Å². The first kappa shape index (κ1) is 17.7. The molecule has 25 heavy (non-hydrogen) atoms. The first-order valence-electron chi connectivity index (χ1n) is 8.37. The maximum Gasteiger partial charge on any atom is 0.250 e. The predicted molar refractivity (Wildman–Crippen MR) is 95.4 cm³/mol. The minimum Gasteiger partial charge on any atom is -0.491 e. The van der Waals surface area contributed by atoms with Crippen LogP contribution < -0.4 is 10.3 Å². The van der Waals surface area contributed by atoms with Gasteiger partial charge in [-0.05, 0) is 37.5 Å². The van der Waals surface area contributed by atoms with E-state index in [2.05, 4.69) is 0 Å². The van der Waals surface area contributed by atoms with Crippen molar-refractivity contribution < 1.29 is 13.2 Å². The fourth-order valence-corrected chi connectivity index (χ4v) is 4.42. The molecule has 0 radical (unpaired) electrons. The van der Waals surface area contributed by atoms with Crippen molar-refractivity contribution in [2.24, 2.45) is 0 Å². The van der Waals surface area contributed by atoms with E-state index < -0.39 is 10.0 Å². The van der Waals surface area contributed by atoms with Gasteiger partial charge in [0.25, 0.3) is 5.56 Å². The maximum absolute atomic E-state index is 12.6. The van der Waals surface area contributed by atoms with Crippen LogP contribution in [0.3, 0.4) is 0 Å². The second-order valence-electron chi connectivity index (χ2n) is 6.12. The third kappa shape index (κ3) is 3.93. The molecule has 0 unspecified atom stereocenters. The Morgan fingerprint density at radius 1 is 1.08 bits per heavy atom. The summed E-state index contributed by atoms with van der Waals surface area (Å²) in [5.41, 5.74) is 0.772. The van der Waals surface area contributed by atoms with Crippen LogP contribution in [0.1, 0.15) is 18.4 Å². The molecule has 3 rings (SSSR count). The molecule has 1 saturated heterocycles. The van der Waals surface area contributed by atoms with Crippen LogP contribution in [0, 0.1) is 6.92 Å². The Morgan fingerprint density at radius 3 is 2.52 bits per heavy atom. The third-order valence-electron chi connectivity index (χ3n) is 4.34. The van der Waals surface area contributed by atoms with Crippen molar-refractivity contribution in [1.82, 2.24) is 8.87 Å². The van der Waals surface area contributed by atoms with E-state index in [0.29, 0.717) is 13.1 Å². The molecule has 1 fully saturated rings. The summed E-state index contributed by atoms with van der Waals surface area (Å²) >= 11 is 0. The molecule has 2 aromatic rings. The van der Waals surface area contributed by atoms with E-state index >= 15 is 0 Å². The van der Waals surface area contributed by atoms with Crippen molar-refractivity contribution in [2.75, 3.05) is 19.7 Å². The topological polar surface area (TPSA) is 68.6 Å². The van der Waals surface area contributed by atoms with E-state index in [1.807, 2.05) is 31.2 Å². The molecule has 2 heterocycles. The van der Waals surface area contributed by atoms with Gasteiger partial charge in [-0.25, -0.2) is 8.42 Å². The number of sulfonamides is 1. The molecular weight excluding hydrogens is 340 g/mol. The van der Waals surface area contributed by atoms with E-state index in [1.165, 1.54) is 27.2 Å². The highest BCUT2D eigenvalue weighted by atomic mass is 32.2. The Balaban J connectivity index is 1.74. The summed E-state index contributed by atoms with van der Waals surface area (Å²) in [5.74, 6) is 0.761. The van der Waals surface area contributed by atoms with Crippen LogP contribution in [-0.4, -0.2) is 37.0 Å². The van der Waals surface area contributed by atoms with E-state index in [0.717, 1.165) is 24.2 Å². The highest BCUT2D eigenvalue weighted by molar-refractivity contribution is 7.89. The van der Waals surface area contributed by atoms with Gasteiger partial charge in [-0.15, -0.1) is 0 Å². The SMILES string of the molecule is Cc1ccccc1OCCn1cc(S(=O)(=O)N2CCCC2)ccc1=O. The Morgan fingerprint density at radius 2 is 1.80 bits per heavy atom. The Kier molecular flexibility index (Phi) is 5.24. The molecule has 6 nitrogen and oxygen atoms in total. The summed E-state index contributed by atoms with van der Waals surface area (Å²) in [6, 6.07) is 10.3. The molecule has 1 aliphatic heterocycles. The van der Waals surface area contributed by atoms with Gasteiger partial charge in [0.05, 0.1) is 11.4 Å². The van der Waals surface area contributed by atoms with Crippen LogP contribution in [0.4, 0.5) is 0 Å². The number of nitrogens with zero attached hydrogens (tertiary/aromatic N) is 2. The van der Waals surface area contributed by atoms with Gasteiger partial charge in [0.2, 0.25) is 10.0 Å². The van der Waals surface area contributed by atoms with Gasteiger partial charge in [0, 0.05) is 25.4 Å². The number of hydrogen-bond acceptors (Lipinski definition) is 4. The number of hydrogen-bond donors (Lipinski definition) is 0. The van der Waals surface area contributed by atoms with Crippen molar-refractivity contribution >= 4 is 10.0 Å². The lowest BCUT2D eigenvalue weighted by atomic mass is 10.2. The summed E-state index contributed by atoms with van der Waals surface area (Å²) in [7, 11) is -3.53. The molecule has 1 aromatic carbocycles. The zero-order chi connectivity index (χ0) is 17.9. The lowest BCUT2D eigenvalue weighted by molar-refractivity contribution is 0.294. The van der Waals surface area contributed by atoms with Crippen molar-refractivity contribution in [3.63, 3.8) is 0 Å². The molecule has 134 valence electrons. The second-order valence-corrected chi connectivity index (χ2v) is 8.06. The average molecular weight is 362 g/mol. The molecule has 0 N–H and O–H groups in total. The van der Waals surface area contributed by atoms with E-state index in [-0.39, 0.29) is 23.6 Å². The van der Waals surface area contributed by atoms with E-state index in [9.17, 15) is 13.2 Å². The standard InChI is InChI=1S/C18H22N2O4S/c1-15-6-2-3-7-17(15)24-13-12-19-14-16(8-9-18(19)21)25(22,23)20-10-4-5-11-20/h2-3,6-9,14H,4-5,10-13H2,1H3. The molecule has 0 amide bonds. The monoisotopic (exact) mass is 362 g/mol. The van der Waals surface area contributed by atoms with Gasteiger partial charge >= 0.3 is 0 Å². The lowest BCUT2D eigenvalue weighted by Gasteiger charge is -2.16. The molecule has 1 aromatic heterocycles. The van der Waals surface area contributed by atoms with Gasteiger partial charge in [-0.2, -0.15) is 4.31 Å². The summed E-state index contributed by atoms with van der Waals surface area (Å²) in [6.07, 6.45) is 3.17. The normalized spacial score (nSPS) is 15.4. The number of benzene rings is 1. The van der Waals surface area contributed by atoms with Crippen molar-refractivity contribution in [1.29, 1.82) is 0 Å². The number of para-hydroxylation sites is 1. The van der Waals surface area contributed by atoms with Crippen LogP contribution in [0.2, 0.25) is 0 Å². The van der Waals surface area contributed by atoms with Crippen LogP contribution >= 0.6 is 0 Å². The highest BCUT2D eigenvalue weighted by Crippen LogP contribution is 2.20. The quantitative estimate of drug-likeness (QED) is 0.788. The molecular formula is C18H22N2O4S. The molecule has 0 spiro atoms. The third-order valence-corrected chi connectivity index (χ3v) is 6.22. The fourth-order valence-electron chi connectivity index (χ4n) is 2.89. The van der Waals surface area contributed by atoms with Crippen molar-refractivity contribution in [3.05, 3.63) is 58.5 Å². The molecule has 0 bridgehead atoms. The minimum absolute atomic E-state index is 0.157. The highest BCUT2D eigenvalue weighted by Gasteiger charge is 2.27. The molecule has 7 heteroatoms. The summed E-state index contributed by atoms with van der Waals surface area (Å²) in [4.78, 5) is 12.2. The number of ether oxygens (including phenoxy) is 1. The van der Waals surface area contributed by atoms with E-state index in [1.54, 1.807) is 0 Å². The largest absolute Gasteiger partial charge is 0.491 e. The Labute approximate surface area is 147 Å². The second kappa shape index (κ2) is 7.41. The van der Waals surface area contributed by atoms with Gasteiger partial charge in [-0.3, -0.25) is 4.79 Å². The van der Waals surface area contributed by atoms with Crippen LogP contribution in [0.5, 0.6) is 5.75 Å². The Bertz CT molecular complexity index is 899. The number of aromatic nitrogens is 1. The van der Waals surface area contributed by atoms with Crippen molar-refractivity contribution in [2.45, 2.75) is 31.2 Å². The average Bonchev–Trinajstić information content (AvgIpc) is 3.13. The first-order chi connectivity index (χ1) is 12.0. The van der Waals surface area contributed by atoms with E-state index in [4.69, 9.17) is 4.74 Å². The Hall–Kier alpha value is -2.12. The zero-order valence-corrected chi connectivity index (χ0v) is 15.0. The fraction of sp³-hybridized carbons (Fsp3) is 0.389.